The monoisotopic (exact) mass is 432 g/mol. The summed E-state index contributed by atoms with van der Waals surface area (Å²) in [7, 11) is 0. The van der Waals surface area contributed by atoms with Gasteiger partial charge in [-0.25, -0.2) is 0 Å². The molecular weight excluding hydrogens is 408 g/mol. The van der Waals surface area contributed by atoms with Gasteiger partial charge in [-0.05, 0) is 48.7 Å². The van der Waals surface area contributed by atoms with Gasteiger partial charge in [-0.1, -0.05) is 61.5 Å². The number of benzene rings is 2. The van der Waals surface area contributed by atoms with Gasteiger partial charge in [0.25, 0.3) is 0 Å². The van der Waals surface area contributed by atoms with Crippen molar-refractivity contribution in [2.75, 3.05) is 11.1 Å². The summed E-state index contributed by atoms with van der Waals surface area (Å²) in [5.41, 5.74) is 4.03. The zero-order valence-electron chi connectivity index (χ0n) is 17.7. The first-order chi connectivity index (χ1) is 15.0. The lowest BCUT2D eigenvalue weighted by Crippen LogP contribution is -2.16. The number of carbonyl (C=O) groups excluding carboxylic acids is 1. The van der Waals surface area contributed by atoms with Crippen LogP contribution in [-0.4, -0.2) is 26.4 Å². The van der Waals surface area contributed by atoms with Crippen LogP contribution in [0.5, 0.6) is 0 Å². The van der Waals surface area contributed by atoms with E-state index in [0.29, 0.717) is 22.7 Å². The Kier molecular flexibility index (Phi) is 6.23. The normalized spacial score (nSPS) is 11.1. The smallest absolute Gasteiger partial charge is 0.234 e. The Morgan fingerprint density at radius 3 is 2.55 bits per heavy atom. The van der Waals surface area contributed by atoms with E-state index < -0.39 is 0 Å². The van der Waals surface area contributed by atoms with Crippen molar-refractivity contribution in [1.82, 2.24) is 14.8 Å². The predicted molar refractivity (Wildman–Crippen MR) is 124 cm³/mol. The summed E-state index contributed by atoms with van der Waals surface area (Å²) in [5, 5.41) is 12.3. The van der Waals surface area contributed by atoms with Crippen LogP contribution in [-0.2, 0) is 4.79 Å². The number of aryl methyl sites for hydroxylation is 1. The van der Waals surface area contributed by atoms with E-state index in [1.54, 1.807) is 6.26 Å². The molecule has 31 heavy (non-hydrogen) atoms. The average molecular weight is 433 g/mol. The zero-order valence-corrected chi connectivity index (χ0v) is 18.5. The molecule has 1 amide bonds. The number of thioether (sulfide) groups is 1. The van der Waals surface area contributed by atoms with Crippen LogP contribution in [0.25, 0.3) is 17.3 Å². The van der Waals surface area contributed by atoms with Crippen LogP contribution in [0, 0.1) is 6.92 Å². The molecule has 0 radical (unpaired) electrons. The summed E-state index contributed by atoms with van der Waals surface area (Å²) in [4.78, 5) is 12.7. The van der Waals surface area contributed by atoms with Crippen molar-refractivity contribution in [3.8, 4) is 17.3 Å². The molecule has 0 aliphatic carbocycles. The highest BCUT2D eigenvalue weighted by atomic mass is 32.2. The Hall–Kier alpha value is -3.32. The molecule has 158 valence electrons. The fourth-order valence-corrected chi connectivity index (χ4v) is 4.04. The van der Waals surface area contributed by atoms with Crippen LogP contribution < -0.4 is 5.32 Å². The summed E-state index contributed by atoms with van der Waals surface area (Å²) in [6.45, 7) is 6.26. The number of carbonyl (C=O) groups is 1. The summed E-state index contributed by atoms with van der Waals surface area (Å²) >= 11 is 1.34. The molecule has 0 unspecified atom stereocenters. The molecule has 0 fully saturated rings. The molecule has 0 atom stereocenters. The minimum Gasteiger partial charge on any atom is -0.461 e. The molecule has 0 saturated carbocycles. The molecule has 2 aromatic carbocycles. The van der Waals surface area contributed by atoms with Gasteiger partial charge < -0.3 is 9.73 Å². The maximum atomic E-state index is 12.7. The van der Waals surface area contributed by atoms with Crippen LogP contribution in [0.3, 0.4) is 0 Å². The van der Waals surface area contributed by atoms with Crippen molar-refractivity contribution in [2.45, 2.75) is 31.8 Å². The average Bonchev–Trinajstić information content (AvgIpc) is 3.43. The maximum absolute atomic E-state index is 12.7. The van der Waals surface area contributed by atoms with E-state index in [1.807, 2.05) is 72.2 Å². The second-order valence-electron chi connectivity index (χ2n) is 7.53. The lowest BCUT2D eigenvalue weighted by molar-refractivity contribution is -0.113. The second-order valence-corrected chi connectivity index (χ2v) is 8.48. The van der Waals surface area contributed by atoms with Crippen molar-refractivity contribution in [3.05, 3.63) is 78.1 Å². The summed E-state index contributed by atoms with van der Waals surface area (Å²) in [5.74, 6) is 1.67. The summed E-state index contributed by atoms with van der Waals surface area (Å²) in [6.07, 6.45) is 1.61. The number of nitrogens with one attached hydrogen (secondary N) is 1. The highest BCUT2D eigenvalue weighted by molar-refractivity contribution is 7.99. The van der Waals surface area contributed by atoms with Crippen LogP contribution >= 0.6 is 11.8 Å². The first kappa shape index (κ1) is 20.9. The molecule has 1 N–H and O–H groups in total. The number of nitrogens with zero attached hydrogens (tertiary/aromatic N) is 3. The third-order valence-corrected chi connectivity index (χ3v) is 5.79. The van der Waals surface area contributed by atoms with Crippen molar-refractivity contribution in [2.24, 2.45) is 0 Å². The second kappa shape index (κ2) is 9.22. The first-order valence-electron chi connectivity index (χ1n) is 10.1. The highest BCUT2D eigenvalue weighted by Gasteiger charge is 2.19. The quantitative estimate of drug-likeness (QED) is 0.380. The molecule has 7 heteroatoms. The van der Waals surface area contributed by atoms with Crippen LogP contribution in [0.2, 0.25) is 0 Å². The van der Waals surface area contributed by atoms with Gasteiger partial charge in [0.05, 0.1) is 12.0 Å². The number of aromatic nitrogens is 3. The molecule has 4 rings (SSSR count). The Morgan fingerprint density at radius 1 is 1.06 bits per heavy atom. The molecule has 0 aliphatic rings. The fourth-order valence-electron chi connectivity index (χ4n) is 3.29. The van der Waals surface area contributed by atoms with Gasteiger partial charge in [0.2, 0.25) is 11.7 Å². The molecule has 0 saturated heterocycles. The van der Waals surface area contributed by atoms with Gasteiger partial charge in [-0.3, -0.25) is 9.36 Å². The minimum atomic E-state index is -0.0869. The lowest BCUT2D eigenvalue weighted by atomic mass is 10.0. The van der Waals surface area contributed by atoms with Crippen LogP contribution in [0.1, 0.15) is 30.9 Å². The molecule has 6 nitrogen and oxygen atoms in total. The van der Waals surface area contributed by atoms with E-state index in [9.17, 15) is 4.79 Å². The Morgan fingerprint density at radius 2 is 1.84 bits per heavy atom. The number of anilines is 1. The number of amides is 1. The summed E-state index contributed by atoms with van der Waals surface area (Å²) < 4.78 is 7.46. The lowest BCUT2D eigenvalue weighted by Gasteiger charge is -2.13. The van der Waals surface area contributed by atoms with Gasteiger partial charge in [-0.15, -0.1) is 10.2 Å². The molecule has 0 aliphatic heterocycles. The number of furan rings is 1. The van der Waals surface area contributed by atoms with E-state index in [1.165, 1.54) is 11.8 Å². The van der Waals surface area contributed by atoms with E-state index >= 15 is 0 Å². The predicted octanol–water partition coefficient (Wildman–Crippen LogP) is 5.69. The van der Waals surface area contributed by atoms with Crippen molar-refractivity contribution in [3.63, 3.8) is 0 Å². The third kappa shape index (κ3) is 4.72. The Labute approximate surface area is 185 Å². The number of rotatable bonds is 7. The largest absolute Gasteiger partial charge is 0.461 e. The Balaban J connectivity index is 1.56. The number of para-hydroxylation sites is 1. The van der Waals surface area contributed by atoms with Gasteiger partial charge in [0.1, 0.15) is 0 Å². The summed E-state index contributed by atoms with van der Waals surface area (Å²) in [6, 6.07) is 19.6. The van der Waals surface area contributed by atoms with Gasteiger partial charge in [-0.2, -0.15) is 0 Å². The maximum Gasteiger partial charge on any atom is 0.234 e. The Bertz CT molecular complexity index is 1160. The van der Waals surface area contributed by atoms with Crippen LogP contribution in [0.15, 0.2) is 76.5 Å². The minimum absolute atomic E-state index is 0.0869. The molecular formula is C24H24N4O2S. The van der Waals surface area contributed by atoms with E-state index in [4.69, 9.17) is 4.42 Å². The van der Waals surface area contributed by atoms with Crippen molar-refractivity contribution in [1.29, 1.82) is 0 Å². The van der Waals surface area contributed by atoms with Gasteiger partial charge >= 0.3 is 0 Å². The van der Waals surface area contributed by atoms with Gasteiger partial charge in [0.15, 0.2) is 10.9 Å². The van der Waals surface area contributed by atoms with Crippen LogP contribution in [0.4, 0.5) is 5.69 Å². The van der Waals surface area contributed by atoms with Gasteiger partial charge in [0, 0.05) is 11.4 Å². The topological polar surface area (TPSA) is 73.0 Å². The van der Waals surface area contributed by atoms with Crippen molar-refractivity contribution >= 4 is 23.4 Å². The SMILES string of the molecule is Cc1ccc(-n2c(SCC(=O)Nc3ccccc3C(C)C)nnc2-c2ccco2)cc1. The number of hydrogen-bond acceptors (Lipinski definition) is 5. The molecule has 4 aromatic rings. The standard InChI is InChI=1S/C24H24N4O2S/c1-16(2)19-7-4-5-8-20(19)25-22(29)15-31-24-27-26-23(21-9-6-14-30-21)28(24)18-12-10-17(3)11-13-18/h4-14,16H,15H2,1-3H3,(H,25,29). The molecule has 0 spiro atoms. The molecule has 2 aromatic heterocycles. The highest BCUT2D eigenvalue weighted by Crippen LogP contribution is 2.29. The molecule has 0 bridgehead atoms. The molecule has 2 heterocycles. The van der Waals surface area contributed by atoms with E-state index in [0.717, 1.165) is 22.5 Å². The van der Waals surface area contributed by atoms with E-state index in [-0.39, 0.29) is 11.7 Å². The van der Waals surface area contributed by atoms with E-state index in [2.05, 4.69) is 29.4 Å². The third-order valence-electron chi connectivity index (χ3n) is 4.86. The number of hydrogen-bond donors (Lipinski definition) is 1. The zero-order chi connectivity index (χ0) is 21.8. The van der Waals surface area contributed by atoms with Crippen molar-refractivity contribution < 1.29 is 9.21 Å². The fraction of sp³-hybridized carbons (Fsp3) is 0.208. The first-order valence-corrected chi connectivity index (χ1v) is 11.1.